The van der Waals surface area contributed by atoms with Crippen LogP contribution in [-0.4, -0.2) is 51.5 Å². The average molecular weight is 418 g/mol. The summed E-state index contributed by atoms with van der Waals surface area (Å²) in [5, 5.41) is 16.6. The highest BCUT2D eigenvalue weighted by molar-refractivity contribution is 6.04. The molecule has 0 aliphatic heterocycles. The topological polar surface area (TPSA) is 89.3 Å². The van der Waals surface area contributed by atoms with Crippen LogP contribution >= 0.6 is 0 Å². The molecule has 2 heterocycles. The molecular formula is C21H24F2N4O3. The fourth-order valence-corrected chi connectivity index (χ4v) is 3.05. The number of aromatic nitrogens is 3. The molecule has 0 saturated heterocycles. The number of aliphatic hydroxyl groups excluding tert-OH is 1. The van der Waals surface area contributed by atoms with E-state index in [1.54, 1.807) is 36.0 Å². The van der Waals surface area contributed by atoms with Gasteiger partial charge >= 0.3 is 0 Å². The van der Waals surface area contributed by atoms with Gasteiger partial charge in [0.15, 0.2) is 6.61 Å². The van der Waals surface area contributed by atoms with E-state index in [-0.39, 0.29) is 30.8 Å². The second kappa shape index (κ2) is 8.74. The number of aryl methyl sites for hydroxylation is 1. The number of nitrogens with zero attached hydrogens (tertiary/aromatic N) is 3. The fraction of sp³-hybridized carbons (Fsp3) is 0.381. The minimum Gasteiger partial charge on any atom is -0.487 e. The zero-order valence-electron chi connectivity index (χ0n) is 17.0. The molecule has 7 nitrogen and oxygen atoms in total. The molecule has 0 aliphatic rings. The van der Waals surface area contributed by atoms with Gasteiger partial charge in [-0.2, -0.15) is 5.10 Å². The van der Waals surface area contributed by atoms with E-state index in [0.29, 0.717) is 16.7 Å². The Morgan fingerprint density at radius 1 is 1.37 bits per heavy atom. The Labute approximate surface area is 172 Å². The number of benzene rings is 1. The summed E-state index contributed by atoms with van der Waals surface area (Å²) in [5.74, 6) is -2.87. The Morgan fingerprint density at radius 3 is 2.80 bits per heavy atom. The van der Waals surface area contributed by atoms with Crippen LogP contribution in [0.2, 0.25) is 0 Å². The van der Waals surface area contributed by atoms with Crippen LogP contribution in [0.5, 0.6) is 5.75 Å². The third kappa shape index (κ3) is 4.91. The number of ether oxygens (including phenoxy) is 1. The van der Waals surface area contributed by atoms with Crippen molar-refractivity contribution in [2.45, 2.75) is 32.7 Å². The average Bonchev–Trinajstić information content (AvgIpc) is 3.14. The first-order chi connectivity index (χ1) is 14.2. The molecule has 2 N–H and O–H groups in total. The van der Waals surface area contributed by atoms with Crippen molar-refractivity contribution >= 4 is 16.8 Å². The zero-order valence-corrected chi connectivity index (χ0v) is 17.0. The van der Waals surface area contributed by atoms with Crippen molar-refractivity contribution in [1.82, 2.24) is 20.1 Å². The van der Waals surface area contributed by atoms with Gasteiger partial charge in [0.1, 0.15) is 11.4 Å². The van der Waals surface area contributed by atoms with Gasteiger partial charge in [-0.3, -0.25) is 14.5 Å². The summed E-state index contributed by atoms with van der Waals surface area (Å²) in [5.41, 5.74) is 2.51. The highest BCUT2D eigenvalue weighted by atomic mass is 19.3. The SMILES string of the molecule is Cc1cc(C(C)n2cc3c(C(=O)NCCO)nccc3n2)ccc1OCC(C)(F)F. The molecule has 30 heavy (non-hydrogen) atoms. The van der Waals surface area contributed by atoms with E-state index in [0.717, 1.165) is 18.1 Å². The molecule has 3 aromatic rings. The maximum atomic E-state index is 13.0. The van der Waals surface area contributed by atoms with Crippen molar-refractivity contribution in [3.8, 4) is 5.75 Å². The van der Waals surface area contributed by atoms with Crippen molar-refractivity contribution in [3.05, 3.63) is 53.5 Å². The number of carbonyl (C=O) groups excluding carboxylic acids is 1. The van der Waals surface area contributed by atoms with Crippen molar-refractivity contribution in [2.24, 2.45) is 0 Å². The number of halogens is 2. The lowest BCUT2D eigenvalue weighted by atomic mass is 10.1. The summed E-state index contributed by atoms with van der Waals surface area (Å²) in [6.07, 6.45) is 3.26. The largest absolute Gasteiger partial charge is 0.487 e. The lowest BCUT2D eigenvalue weighted by molar-refractivity contribution is -0.0231. The van der Waals surface area contributed by atoms with Gasteiger partial charge in [-0.25, -0.2) is 8.78 Å². The number of hydrogen-bond donors (Lipinski definition) is 2. The normalized spacial score (nSPS) is 12.7. The number of carbonyl (C=O) groups is 1. The van der Waals surface area contributed by atoms with Gasteiger partial charge in [-0.15, -0.1) is 0 Å². The number of fused-ring (bicyclic) bond motifs is 1. The minimum absolute atomic E-state index is 0.138. The van der Waals surface area contributed by atoms with E-state index in [4.69, 9.17) is 9.84 Å². The second-order valence-electron chi connectivity index (χ2n) is 7.24. The van der Waals surface area contributed by atoms with Gasteiger partial charge in [0.2, 0.25) is 0 Å². The van der Waals surface area contributed by atoms with Crippen LogP contribution in [0, 0.1) is 6.92 Å². The zero-order chi connectivity index (χ0) is 21.9. The molecular weight excluding hydrogens is 394 g/mol. The summed E-state index contributed by atoms with van der Waals surface area (Å²) in [6.45, 7) is 3.86. The summed E-state index contributed by atoms with van der Waals surface area (Å²) >= 11 is 0. The molecule has 1 unspecified atom stereocenters. The summed E-state index contributed by atoms with van der Waals surface area (Å²) < 4.78 is 33.0. The first kappa shape index (κ1) is 21.6. The number of nitrogens with one attached hydrogen (secondary N) is 1. The first-order valence-corrected chi connectivity index (χ1v) is 9.53. The van der Waals surface area contributed by atoms with Crippen LogP contribution in [0.15, 0.2) is 36.7 Å². The molecule has 3 rings (SSSR count). The standard InChI is InChI=1S/C21H24F2N4O3/c1-13-10-15(4-5-18(13)30-12-21(3,22)23)14(2)27-11-16-17(26-27)6-7-24-19(16)20(29)25-8-9-28/h4-7,10-11,14,28H,8-9,12H2,1-3H3,(H,25,29). The molecule has 0 radical (unpaired) electrons. The van der Waals surface area contributed by atoms with Gasteiger partial charge in [0.05, 0.1) is 23.6 Å². The number of hydrogen-bond acceptors (Lipinski definition) is 5. The molecule has 1 atom stereocenters. The molecule has 0 bridgehead atoms. The van der Waals surface area contributed by atoms with Crippen LogP contribution in [-0.2, 0) is 0 Å². The van der Waals surface area contributed by atoms with Gasteiger partial charge < -0.3 is 15.2 Å². The lowest BCUT2D eigenvalue weighted by Crippen LogP contribution is -2.27. The van der Waals surface area contributed by atoms with Gasteiger partial charge in [0, 0.05) is 25.9 Å². The monoisotopic (exact) mass is 418 g/mol. The third-order valence-corrected chi connectivity index (χ3v) is 4.62. The third-order valence-electron chi connectivity index (χ3n) is 4.62. The Morgan fingerprint density at radius 2 is 2.13 bits per heavy atom. The van der Waals surface area contributed by atoms with Crippen molar-refractivity contribution in [1.29, 1.82) is 0 Å². The van der Waals surface area contributed by atoms with Gasteiger partial charge in [0.25, 0.3) is 11.8 Å². The first-order valence-electron chi connectivity index (χ1n) is 9.53. The molecule has 1 amide bonds. The van der Waals surface area contributed by atoms with E-state index in [1.807, 2.05) is 13.0 Å². The Balaban J connectivity index is 1.85. The molecule has 2 aromatic heterocycles. The minimum atomic E-state index is -2.90. The molecule has 0 spiro atoms. The van der Waals surface area contributed by atoms with Crippen molar-refractivity contribution in [3.63, 3.8) is 0 Å². The quantitative estimate of drug-likeness (QED) is 0.587. The van der Waals surface area contributed by atoms with Gasteiger partial charge in [-0.05, 0) is 37.1 Å². The van der Waals surface area contributed by atoms with E-state index < -0.39 is 12.5 Å². The van der Waals surface area contributed by atoms with Crippen LogP contribution in [0.25, 0.3) is 10.9 Å². The summed E-state index contributed by atoms with van der Waals surface area (Å²) in [4.78, 5) is 16.4. The van der Waals surface area contributed by atoms with E-state index in [2.05, 4.69) is 15.4 Å². The molecule has 0 fully saturated rings. The maximum absolute atomic E-state index is 13.0. The highest BCUT2D eigenvalue weighted by Crippen LogP contribution is 2.27. The van der Waals surface area contributed by atoms with E-state index in [9.17, 15) is 13.6 Å². The number of alkyl halides is 2. The number of aliphatic hydroxyl groups is 1. The van der Waals surface area contributed by atoms with Crippen molar-refractivity contribution in [2.75, 3.05) is 19.8 Å². The molecule has 9 heteroatoms. The summed E-state index contributed by atoms with van der Waals surface area (Å²) in [6, 6.07) is 6.89. The summed E-state index contributed by atoms with van der Waals surface area (Å²) in [7, 11) is 0. The Kier molecular flexibility index (Phi) is 6.31. The lowest BCUT2D eigenvalue weighted by Gasteiger charge is -2.17. The number of amides is 1. The molecule has 0 aliphatic carbocycles. The molecule has 1 aromatic carbocycles. The van der Waals surface area contributed by atoms with Crippen LogP contribution < -0.4 is 10.1 Å². The van der Waals surface area contributed by atoms with E-state index in [1.165, 1.54) is 6.20 Å². The number of rotatable bonds is 8. The van der Waals surface area contributed by atoms with Crippen molar-refractivity contribution < 1.29 is 23.4 Å². The predicted molar refractivity (Wildman–Crippen MR) is 108 cm³/mol. The molecule has 160 valence electrons. The maximum Gasteiger partial charge on any atom is 0.278 e. The van der Waals surface area contributed by atoms with Crippen LogP contribution in [0.3, 0.4) is 0 Å². The molecule has 0 saturated carbocycles. The predicted octanol–water partition coefficient (Wildman–Crippen LogP) is 3.11. The van der Waals surface area contributed by atoms with Gasteiger partial charge in [-0.1, -0.05) is 12.1 Å². The van der Waals surface area contributed by atoms with Crippen LogP contribution in [0.4, 0.5) is 8.78 Å². The Bertz CT molecular complexity index is 1050. The van der Waals surface area contributed by atoms with E-state index >= 15 is 0 Å². The fourth-order valence-electron chi connectivity index (χ4n) is 3.05. The smallest absolute Gasteiger partial charge is 0.278 e. The second-order valence-corrected chi connectivity index (χ2v) is 7.24. The highest BCUT2D eigenvalue weighted by Gasteiger charge is 2.23. The van der Waals surface area contributed by atoms with Crippen LogP contribution in [0.1, 0.15) is 41.5 Å². The Hall–Kier alpha value is -3.07. The number of pyridine rings is 1.